The van der Waals surface area contributed by atoms with E-state index in [-0.39, 0.29) is 18.7 Å². The second kappa shape index (κ2) is 6.16. The summed E-state index contributed by atoms with van der Waals surface area (Å²) < 4.78 is 0. The minimum absolute atomic E-state index is 0.0312. The fourth-order valence-corrected chi connectivity index (χ4v) is 2.65. The zero-order chi connectivity index (χ0) is 13.0. The molecule has 1 saturated heterocycles. The summed E-state index contributed by atoms with van der Waals surface area (Å²) in [6.07, 6.45) is 6.41. The highest BCUT2D eigenvalue weighted by Gasteiger charge is 2.24. The van der Waals surface area contributed by atoms with Crippen LogP contribution in [-0.2, 0) is 0 Å². The van der Waals surface area contributed by atoms with E-state index in [2.05, 4.69) is 9.88 Å². The largest absolute Gasteiger partial charge is 0.394 e. The molecular formula is C14H23N3O. The average molecular weight is 249 g/mol. The molecule has 0 aliphatic carbocycles. The van der Waals surface area contributed by atoms with Gasteiger partial charge in [-0.2, -0.15) is 0 Å². The minimum Gasteiger partial charge on any atom is -0.394 e. The summed E-state index contributed by atoms with van der Waals surface area (Å²) in [6.45, 7) is 3.13. The first-order valence-electron chi connectivity index (χ1n) is 6.82. The van der Waals surface area contributed by atoms with Crippen molar-refractivity contribution in [2.24, 2.45) is 5.73 Å². The first-order chi connectivity index (χ1) is 8.74. The lowest BCUT2D eigenvalue weighted by atomic mass is 10.1. The van der Waals surface area contributed by atoms with Crippen LogP contribution in [0.2, 0.25) is 0 Å². The topological polar surface area (TPSA) is 62.4 Å². The molecular weight excluding hydrogens is 226 g/mol. The molecule has 4 nitrogen and oxygen atoms in total. The molecule has 2 atom stereocenters. The van der Waals surface area contributed by atoms with Gasteiger partial charge in [0.25, 0.3) is 0 Å². The lowest BCUT2D eigenvalue weighted by Gasteiger charge is -2.32. The van der Waals surface area contributed by atoms with E-state index in [1.54, 1.807) is 6.20 Å². The van der Waals surface area contributed by atoms with Crippen LogP contribution in [0.3, 0.4) is 0 Å². The molecule has 18 heavy (non-hydrogen) atoms. The summed E-state index contributed by atoms with van der Waals surface area (Å²) in [7, 11) is 0. The molecule has 0 spiro atoms. The lowest BCUT2D eigenvalue weighted by Crippen LogP contribution is -2.39. The fourth-order valence-electron chi connectivity index (χ4n) is 2.65. The van der Waals surface area contributed by atoms with Crippen molar-refractivity contribution in [1.29, 1.82) is 0 Å². The molecule has 1 fully saturated rings. The van der Waals surface area contributed by atoms with Crippen LogP contribution in [0.5, 0.6) is 0 Å². The zero-order valence-electron chi connectivity index (χ0n) is 11.0. The van der Waals surface area contributed by atoms with Gasteiger partial charge in [-0.15, -0.1) is 0 Å². The van der Waals surface area contributed by atoms with Gasteiger partial charge >= 0.3 is 0 Å². The van der Waals surface area contributed by atoms with Gasteiger partial charge in [0.15, 0.2) is 0 Å². The average Bonchev–Trinajstić information content (AvgIpc) is 2.63. The zero-order valence-corrected chi connectivity index (χ0v) is 11.0. The number of aliphatic hydroxyl groups excluding tert-OH is 1. The van der Waals surface area contributed by atoms with Crippen molar-refractivity contribution in [2.75, 3.05) is 18.1 Å². The molecule has 2 rings (SSSR count). The highest BCUT2D eigenvalue weighted by molar-refractivity contribution is 5.49. The van der Waals surface area contributed by atoms with E-state index in [0.717, 1.165) is 30.8 Å². The molecule has 4 heteroatoms. The number of hydrogen-bond acceptors (Lipinski definition) is 4. The van der Waals surface area contributed by atoms with Gasteiger partial charge in [0.2, 0.25) is 0 Å². The highest BCUT2D eigenvalue weighted by atomic mass is 16.3. The van der Waals surface area contributed by atoms with Crippen molar-refractivity contribution in [3.8, 4) is 0 Å². The molecule has 0 radical (unpaired) electrons. The molecule has 0 bridgehead atoms. The molecule has 1 aromatic heterocycles. The first kappa shape index (κ1) is 13.3. The Morgan fingerprint density at radius 1 is 1.50 bits per heavy atom. The Kier molecular flexibility index (Phi) is 4.55. The molecule has 1 aromatic rings. The second-order valence-electron chi connectivity index (χ2n) is 5.08. The smallest absolute Gasteiger partial charge is 0.133 e. The summed E-state index contributed by atoms with van der Waals surface area (Å²) in [5, 5.41) is 9.58. The van der Waals surface area contributed by atoms with Gasteiger partial charge < -0.3 is 15.7 Å². The summed E-state index contributed by atoms with van der Waals surface area (Å²) in [5.41, 5.74) is 7.09. The Hall–Kier alpha value is -1.13. The van der Waals surface area contributed by atoms with Gasteiger partial charge in [-0.1, -0.05) is 18.9 Å². The van der Waals surface area contributed by atoms with Gasteiger partial charge in [0, 0.05) is 24.3 Å². The summed E-state index contributed by atoms with van der Waals surface area (Å²) in [4.78, 5) is 6.74. The van der Waals surface area contributed by atoms with E-state index in [9.17, 15) is 5.11 Å². The van der Waals surface area contributed by atoms with Crippen LogP contribution < -0.4 is 10.6 Å². The number of aromatic nitrogens is 1. The Morgan fingerprint density at radius 2 is 2.33 bits per heavy atom. The predicted molar refractivity (Wildman–Crippen MR) is 73.5 cm³/mol. The van der Waals surface area contributed by atoms with E-state index in [1.165, 1.54) is 12.8 Å². The third kappa shape index (κ3) is 2.82. The molecule has 1 aliphatic heterocycles. The summed E-state index contributed by atoms with van der Waals surface area (Å²) >= 11 is 0. The first-order valence-corrected chi connectivity index (χ1v) is 6.82. The normalized spacial score (nSPS) is 22.6. The van der Waals surface area contributed by atoms with Crippen molar-refractivity contribution < 1.29 is 5.11 Å². The predicted octanol–water partition coefficient (Wildman–Crippen LogP) is 1.84. The van der Waals surface area contributed by atoms with E-state index in [4.69, 9.17) is 5.73 Å². The number of pyridine rings is 1. The third-order valence-electron chi connectivity index (χ3n) is 3.67. The quantitative estimate of drug-likeness (QED) is 0.858. The maximum absolute atomic E-state index is 9.58. The molecule has 0 aromatic carbocycles. The molecule has 1 unspecified atom stereocenters. The van der Waals surface area contributed by atoms with Crippen molar-refractivity contribution >= 4 is 5.82 Å². The van der Waals surface area contributed by atoms with Crippen molar-refractivity contribution in [1.82, 2.24) is 4.98 Å². The highest BCUT2D eigenvalue weighted by Crippen LogP contribution is 2.27. The number of hydrogen-bond donors (Lipinski definition) is 2. The van der Waals surface area contributed by atoms with Gasteiger partial charge in [0.05, 0.1) is 12.6 Å². The van der Waals surface area contributed by atoms with Crippen molar-refractivity contribution in [3.63, 3.8) is 0 Å². The van der Waals surface area contributed by atoms with Gasteiger partial charge in [0.1, 0.15) is 5.82 Å². The van der Waals surface area contributed by atoms with Crippen molar-refractivity contribution in [3.05, 3.63) is 23.9 Å². The van der Waals surface area contributed by atoms with Crippen LogP contribution >= 0.6 is 0 Å². The third-order valence-corrected chi connectivity index (χ3v) is 3.67. The van der Waals surface area contributed by atoms with Gasteiger partial charge in [-0.25, -0.2) is 4.98 Å². The second-order valence-corrected chi connectivity index (χ2v) is 5.08. The summed E-state index contributed by atoms with van der Waals surface area (Å²) in [6, 6.07) is 4.11. The van der Waals surface area contributed by atoms with Crippen LogP contribution in [-0.4, -0.2) is 29.3 Å². The number of aliphatic hydroxyl groups is 1. The monoisotopic (exact) mass is 249 g/mol. The molecule has 1 aliphatic rings. The number of nitrogens with two attached hydrogens (primary N) is 1. The van der Waals surface area contributed by atoms with E-state index >= 15 is 0 Å². The number of rotatable bonds is 3. The van der Waals surface area contributed by atoms with Gasteiger partial charge in [-0.05, 0) is 25.8 Å². The maximum atomic E-state index is 9.58. The SMILES string of the molecule is C[C@@H](N)c1cccnc1N1CCCCCC1CO. The Bertz CT molecular complexity index is 381. The molecule has 100 valence electrons. The molecule has 2 heterocycles. The molecule has 3 N–H and O–H groups in total. The summed E-state index contributed by atoms with van der Waals surface area (Å²) in [5.74, 6) is 0.952. The van der Waals surface area contributed by atoms with E-state index in [1.807, 2.05) is 19.1 Å². The number of nitrogens with zero attached hydrogens (tertiary/aromatic N) is 2. The van der Waals surface area contributed by atoms with Crippen LogP contribution in [0.15, 0.2) is 18.3 Å². The van der Waals surface area contributed by atoms with E-state index in [0.29, 0.717) is 0 Å². The Morgan fingerprint density at radius 3 is 3.06 bits per heavy atom. The fraction of sp³-hybridized carbons (Fsp3) is 0.643. The minimum atomic E-state index is -0.0312. The standard InChI is InChI=1S/C14H23N3O/c1-11(15)13-7-5-8-16-14(13)17-9-4-2-3-6-12(17)10-18/h5,7-8,11-12,18H,2-4,6,9-10,15H2,1H3/t11-,12?/m1/s1. The number of anilines is 1. The van der Waals surface area contributed by atoms with E-state index < -0.39 is 0 Å². The van der Waals surface area contributed by atoms with Crippen LogP contribution in [0.4, 0.5) is 5.82 Å². The van der Waals surface area contributed by atoms with Crippen LogP contribution in [0, 0.1) is 0 Å². The Labute approximate surface area is 109 Å². The van der Waals surface area contributed by atoms with Gasteiger partial charge in [-0.3, -0.25) is 0 Å². The lowest BCUT2D eigenvalue weighted by molar-refractivity contribution is 0.254. The molecule has 0 saturated carbocycles. The molecule has 0 amide bonds. The van der Waals surface area contributed by atoms with Crippen molar-refractivity contribution in [2.45, 2.75) is 44.7 Å². The van der Waals surface area contributed by atoms with Crippen LogP contribution in [0.25, 0.3) is 0 Å². The Balaban J connectivity index is 2.32. The maximum Gasteiger partial charge on any atom is 0.133 e. The van der Waals surface area contributed by atoms with Crippen LogP contribution in [0.1, 0.15) is 44.2 Å².